The SMILES string of the molecule is CCCCCCCCCCCOC(=O)C1CCC(C(=O)OC(C)(C)C)CC1. The first-order chi connectivity index (χ1) is 12.8. The largest absolute Gasteiger partial charge is 0.465 e. The zero-order valence-electron chi connectivity index (χ0n) is 18.2. The van der Waals surface area contributed by atoms with Gasteiger partial charge in [0.1, 0.15) is 5.60 Å². The van der Waals surface area contributed by atoms with E-state index in [1.807, 2.05) is 20.8 Å². The molecule has 0 aromatic carbocycles. The Labute approximate surface area is 166 Å². The third-order valence-electron chi connectivity index (χ3n) is 5.29. The second-order valence-corrected chi connectivity index (χ2v) is 9.08. The molecule has 0 atom stereocenters. The Hall–Kier alpha value is -1.06. The Bertz CT molecular complexity index is 417. The molecule has 1 saturated carbocycles. The number of rotatable bonds is 12. The molecule has 158 valence electrons. The highest BCUT2D eigenvalue weighted by atomic mass is 16.6. The lowest BCUT2D eigenvalue weighted by Crippen LogP contribution is -2.32. The maximum atomic E-state index is 12.2. The highest BCUT2D eigenvalue weighted by Crippen LogP contribution is 2.31. The lowest BCUT2D eigenvalue weighted by Gasteiger charge is -2.28. The average Bonchev–Trinajstić information content (AvgIpc) is 2.62. The van der Waals surface area contributed by atoms with E-state index in [1.54, 1.807) is 0 Å². The van der Waals surface area contributed by atoms with Crippen molar-refractivity contribution in [2.75, 3.05) is 6.61 Å². The van der Waals surface area contributed by atoms with Crippen LogP contribution in [-0.2, 0) is 19.1 Å². The summed E-state index contributed by atoms with van der Waals surface area (Å²) in [6.45, 7) is 8.45. The summed E-state index contributed by atoms with van der Waals surface area (Å²) in [6, 6.07) is 0. The highest BCUT2D eigenvalue weighted by Gasteiger charge is 2.33. The van der Waals surface area contributed by atoms with Crippen molar-refractivity contribution in [1.29, 1.82) is 0 Å². The van der Waals surface area contributed by atoms with E-state index in [1.165, 1.54) is 44.9 Å². The fourth-order valence-electron chi connectivity index (χ4n) is 3.65. The summed E-state index contributed by atoms with van der Waals surface area (Å²) in [5.41, 5.74) is -0.442. The van der Waals surface area contributed by atoms with Gasteiger partial charge in [0.05, 0.1) is 18.4 Å². The van der Waals surface area contributed by atoms with Crippen LogP contribution in [0.2, 0.25) is 0 Å². The minimum atomic E-state index is -0.442. The predicted octanol–water partition coefficient (Wildman–Crippen LogP) is 6.21. The quantitative estimate of drug-likeness (QED) is 0.297. The van der Waals surface area contributed by atoms with Crippen molar-refractivity contribution in [3.63, 3.8) is 0 Å². The average molecular weight is 383 g/mol. The second-order valence-electron chi connectivity index (χ2n) is 9.08. The van der Waals surface area contributed by atoms with Gasteiger partial charge in [0, 0.05) is 0 Å². The van der Waals surface area contributed by atoms with Gasteiger partial charge in [0.2, 0.25) is 0 Å². The van der Waals surface area contributed by atoms with Crippen molar-refractivity contribution in [2.45, 2.75) is 117 Å². The van der Waals surface area contributed by atoms with Gasteiger partial charge in [-0.15, -0.1) is 0 Å². The molecule has 0 spiro atoms. The van der Waals surface area contributed by atoms with E-state index < -0.39 is 5.60 Å². The lowest BCUT2D eigenvalue weighted by molar-refractivity contribution is -0.163. The Morgan fingerprint density at radius 3 is 1.67 bits per heavy atom. The summed E-state index contributed by atoms with van der Waals surface area (Å²) in [5, 5.41) is 0. The number of unbranched alkanes of at least 4 members (excludes halogenated alkanes) is 8. The number of hydrogen-bond donors (Lipinski definition) is 0. The molecule has 0 radical (unpaired) electrons. The summed E-state index contributed by atoms with van der Waals surface area (Å²) in [5.74, 6) is -0.297. The van der Waals surface area contributed by atoms with Crippen LogP contribution in [0.25, 0.3) is 0 Å². The Morgan fingerprint density at radius 1 is 0.741 bits per heavy atom. The Kier molecular flexibility index (Phi) is 11.7. The molecule has 0 saturated heterocycles. The van der Waals surface area contributed by atoms with E-state index in [9.17, 15) is 9.59 Å². The van der Waals surface area contributed by atoms with E-state index in [2.05, 4.69) is 6.92 Å². The maximum Gasteiger partial charge on any atom is 0.309 e. The van der Waals surface area contributed by atoms with Crippen LogP contribution in [0.1, 0.15) is 111 Å². The Morgan fingerprint density at radius 2 is 1.19 bits per heavy atom. The van der Waals surface area contributed by atoms with Gasteiger partial charge in [-0.1, -0.05) is 58.3 Å². The van der Waals surface area contributed by atoms with Gasteiger partial charge >= 0.3 is 11.9 Å². The fourth-order valence-corrected chi connectivity index (χ4v) is 3.65. The summed E-state index contributed by atoms with van der Waals surface area (Å²) >= 11 is 0. The zero-order chi connectivity index (χ0) is 20.1. The molecule has 4 nitrogen and oxygen atoms in total. The molecule has 0 aromatic rings. The third-order valence-corrected chi connectivity index (χ3v) is 5.29. The molecule has 0 heterocycles. The van der Waals surface area contributed by atoms with Crippen LogP contribution in [-0.4, -0.2) is 24.1 Å². The zero-order valence-corrected chi connectivity index (χ0v) is 18.2. The summed E-state index contributed by atoms with van der Waals surface area (Å²) in [7, 11) is 0. The van der Waals surface area contributed by atoms with Gasteiger partial charge in [-0.25, -0.2) is 0 Å². The second kappa shape index (κ2) is 13.2. The lowest BCUT2D eigenvalue weighted by atomic mass is 9.82. The molecule has 0 unspecified atom stereocenters. The first-order valence-corrected chi connectivity index (χ1v) is 11.2. The number of carbonyl (C=O) groups is 2. The van der Waals surface area contributed by atoms with Crippen LogP contribution < -0.4 is 0 Å². The minimum Gasteiger partial charge on any atom is -0.465 e. The van der Waals surface area contributed by atoms with Gasteiger partial charge in [-0.05, 0) is 52.9 Å². The molecular weight excluding hydrogens is 340 g/mol. The van der Waals surface area contributed by atoms with Crippen molar-refractivity contribution in [1.82, 2.24) is 0 Å². The molecule has 0 N–H and O–H groups in total. The van der Waals surface area contributed by atoms with Crippen LogP contribution in [0.3, 0.4) is 0 Å². The van der Waals surface area contributed by atoms with Crippen molar-refractivity contribution >= 4 is 11.9 Å². The van der Waals surface area contributed by atoms with Crippen LogP contribution in [0.4, 0.5) is 0 Å². The Balaban J connectivity index is 2.05. The molecule has 0 amide bonds. The smallest absolute Gasteiger partial charge is 0.309 e. The fraction of sp³-hybridized carbons (Fsp3) is 0.913. The van der Waals surface area contributed by atoms with E-state index in [0.717, 1.165) is 38.5 Å². The number of ether oxygens (including phenoxy) is 2. The first-order valence-electron chi connectivity index (χ1n) is 11.2. The molecule has 0 aliphatic heterocycles. The van der Waals surface area contributed by atoms with Gasteiger partial charge in [0.25, 0.3) is 0 Å². The van der Waals surface area contributed by atoms with Crippen LogP contribution in [0.15, 0.2) is 0 Å². The van der Waals surface area contributed by atoms with E-state index >= 15 is 0 Å². The molecule has 4 heteroatoms. The summed E-state index contributed by atoms with van der Waals surface area (Å²) in [4.78, 5) is 24.3. The molecule has 27 heavy (non-hydrogen) atoms. The molecule has 0 aromatic heterocycles. The van der Waals surface area contributed by atoms with Gasteiger partial charge in [-0.2, -0.15) is 0 Å². The van der Waals surface area contributed by atoms with Crippen molar-refractivity contribution in [3.05, 3.63) is 0 Å². The predicted molar refractivity (Wildman–Crippen MR) is 109 cm³/mol. The molecule has 1 rings (SSSR count). The number of carbonyl (C=O) groups excluding carboxylic acids is 2. The first kappa shape index (κ1) is 24.0. The van der Waals surface area contributed by atoms with Gasteiger partial charge in [0.15, 0.2) is 0 Å². The summed E-state index contributed by atoms with van der Waals surface area (Å²) < 4.78 is 10.9. The maximum absolute atomic E-state index is 12.2. The third kappa shape index (κ3) is 11.4. The van der Waals surface area contributed by atoms with Crippen LogP contribution in [0.5, 0.6) is 0 Å². The molecule has 1 fully saturated rings. The standard InChI is InChI=1S/C23H42O4/c1-5-6-7-8-9-10-11-12-13-18-26-21(24)19-14-16-20(17-15-19)22(25)27-23(2,3)4/h19-20H,5-18H2,1-4H3. The van der Waals surface area contributed by atoms with Crippen molar-refractivity contribution < 1.29 is 19.1 Å². The van der Waals surface area contributed by atoms with Crippen LogP contribution >= 0.6 is 0 Å². The topological polar surface area (TPSA) is 52.6 Å². The molecular formula is C23H42O4. The number of hydrogen-bond acceptors (Lipinski definition) is 4. The monoisotopic (exact) mass is 382 g/mol. The van der Waals surface area contributed by atoms with Gasteiger partial charge < -0.3 is 9.47 Å². The van der Waals surface area contributed by atoms with E-state index in [0.29, 0.717) is 6.61 Å². The van der Waals surface area contributed by atoms with Crippen molar-refractivity contribution in [2.24, 2.45) is 11.8 Å². The normalized spacial score (nSPS) is 20.3. The number of esters is 2. The minimum absolute atomic E-state index is 0.0396. The highest BCUT2D eigenvalue weighted by molar-refractivity contribution is 5.75. The van der Waals surface area contributed by atoms with E-state index in [-0.39, 0.29) is 23.8 Å². The molecule has 1 aliphatic carbocycles. The van der Waals surface area contributed by atoms with E-state index in [4.69, 9.17) is 9.47 Å². The molecule has 0 bridgehead atoms. The van der Waals surface area contributed by atoms with Gasteiger partial charge in [-0.3, -0.25) is 9.59 Å². The summed E-state index contributed by atoms with van der Waals surface area (Å²) in [6.07, 6.45) is 14.3. The van der Waals surface area contributed by atoms with Crippen LogP contribution in [0, 0.1) is 11.8 Å². The molecule has 1 aliphatic rings. The van der Waals surface area contributed by atoms with Crippen molar-refractivity contribution in [3.8, 4) is 0 Å².